The summed E-state index contributed by atoms with van der Waals surface area (Å²) in [5.74, 6) is -9.28. The van der Waals surface area contributed by atoms with Gasteiger partial charge in [-0.25, -0.2) is 26.3 Å². The largest absolute Gasteiger partial charge is 0.432 e. The summed E-state index contributed by atoms with van der Waals surface area (Å²) < 4.78 is 123. The zero-order chi connectivity index (χ0) is 33.9. The molecule has 0 aliphatic rings. The van der Waals surface area contributed by atoms with Gasteiger partial charge in [0, 0.05) is 11.6 Å². The highest BCUT2D eigenvalue weighted by Crippen LogP contribution is 2.39. The Bertz CT molecular complexity index is 1940. The third kappa shape index (κ3) is 7.14. The Balaban J connectivity index is 1.40. The van der Waals surface area contributed by atoms with Crippen LogP contribution >= 0.6 is 0 Å². The molecule has 0 bridgehead atoms. The van der Waals surface area contributed by atoms with E-state index in [1.165, 1.54) is 18.2 Å². The van der Waals surface area contributed by atoms with Gasteiger partial charge < -0.3 is 4.74 Å². The van der Waals surface area contributed by atoms with E-state index >= 15 is 13.2 Å². The Morgan fingerprint density at radius 2 is 1.21 bits per heavy atom. The molecule has 10 heteroatoms. The van der Waals surface area contributed by atoms with E-state index in [0.29, 0.717) is 23.8 Å². The molecular formula is C37H25F8NO. The average molecular weight is 652 g/mol. The molecule has 0 aromatic heterocycles. The van der Waals surface area contributed by atoms with Crippen LogP contribution in [0.5, 0.6) is 5.75 Å². The van der Waals surface area contributed by atoms with Gasteiger partial charge in [-0.15, -0.1) is 0 Å². The number of nitrogens with zero attached hydrogens (tertiary/aromatic N) is 1. The Kier molecular flexibility index (Phi) is 9.66. The fraction of sp³-hybridized carbons (Fsp3) is 0.162. The first kappa shape index (κ1) is 33.2. The van der Waals surface area contributed by atoms with E-state index in [4.69, 9.17) is 5.26 Å². The Hall–Kier alpha value is -5.17. The molecule has 0 fully saturated rings. The summed E-state index contributed by atoms with van der Waals surface area (Å²) in [5.41, 5.74) is -1.96. The molecule has 0 unspecified atom stereocenters. The number of unbranched alkanes of at least 4 members (excludes halogenated alkanes) is 2. The maximum absolute atomic E-state index is 15.3. The van der Waals surface area contributed by atoms with Crippen molar-refractivity contribution in [1.82, 2.24) is 0 Å². The Morgan fingerprint density at radius 1 is 0.617 bits per heavy atom. The van der Waals surface area contributed by atoms with Gasteiger partial charge in [-0.05, 0) is 83.1 Å². The molecule has 5 aromatic carbocycles. The molecule has 5 rings (SSSR count). The van der Waals surface area contributed by atoms with E-state index in [1.807, 2.05) is 24.3 Å². The number of nitriles is 1. The van der Waals surface area contributed by atoms with E-state index in [-0.39, 0.29) is 11.1 Å². The van der Waals surface area contributed by atoms with Gasteiger partial charge in [0.2, 0.25) is 0 Å². The third-order valence-corrected chi connectivity index (χ3v) is 7.61. The molecule has 0 aliphatic heterocycles. The highest BCUT2D eigenvalue weighted by molar-refractivity contribution is 5.75. The van der Waals surface area contributed by atoms with Crippen LogP contribution in [0.3, 0.4) is 0 Å². The van der Waals surface area contributed by atoms with Crippen molar-refractivity contribution >= 4 is 0 Å². The van der Waals surface area contributed by atoms with E-state index < -0.39 is 69.0 Å². The van der Waals surface area contributed by atoms with Crippen LogP contribution in [0.2, 0.25) is 0 Å². The zero-order valence-corrected chi connectivity index (χ0v) is 24.8. The SMILES string of the molecule is CCCCCc1ccc(-c2ccc(-c3cc(F)c(-c4cc(F)c(C(F)(F)Oc5ccc(C#N)c(F)c5)c(F)c4)c(F)c3)c(F)c2)cc1. The first-order valence-corrected chi connectivity index (χ1v) is 14.6. The Labute approximate surface area is 265 Å². The topological polar surface area (TPSA) is 33.0 Å². The van der Waals surface area contributed by atoms with Crippen molar-refractivity contribution in [2.75, 3.05) is 0 Å². The molecule has 0 heterocycles. The van der Waals surface area contributed by atoms with Gasteiger partial charge in [-0.2, -0.15) is 14.0 Å². The summed E-state index contributed by atoms with van der Waals surface area (Å²) in [5, 5.41) is 8.77. The number of rotatable bonds is 10. The number of hydrogen-bond donors (Lipinski definition) is 0. The van der Waals surface area contributed by atoms with E-state index in [1.54, 1.807) is 6.07 Å². The summed E-state index contributed by atoms with van der Waals surface area (Å²) >= 11 is 0. The molecule has 5 aromatic rings. The summed E-state index contributed by atoms with van der Waals surface area (Å²) in [6, 6.07) is 17.5. The van der Waals surface area contributed by atoms with Gasteiger partial charge in [0.05, 0.1) is 11.1 Å². The van der Waals surface area contributed by atoms with Crippen LogP contribution in [0.15, 0.2) is 84.9 Å². The van der Waals surface area contributed by atoms with Gasteiger partial charge in [0.15, 0.2) is 0 Å². The number of aryl methyl sites for hydroxylation is 1. The average Bonchev–Trinajstić information content (AvgIpc) is 3.00. The second-order valence-corrected chi connectivity index (χ2v) is 10.9. The van der Waals surface area contributed by atoms with Crippen molar-refractivity contribution in [3.63, 3.8) is 0 Å². The van der Waals surface area contributed by atoms with Gasteiger partial charge in [0.1, 0.15) is 52.3 Å². The van der Waals surface area contributed by atoms with Crippen molar-refractivity contribution < 1.29 is 39.9 Å². The van der Waals surface area contributed by atoms with Crippen LogP contribution in [0.4, 0.5) is 35.1 Å². The van der Waals surface area contributed by atoms with Crippen LogP contribution in [0.25, 0.3) is 33.4 Å². The van der Waals surface area contributed by atoms with Crippen molar-refractivity contribution in [2.45, 2.75) is 38.7 Å². The normalized spacial score (nSPS) is 11.4. The lowest BCUT2D eigenvalue weighted by Gasteiger charge is -2.20. The lowest BCUT2D eigenvalue weighted by atomic mass is 9.95. The number of ether oxygens (including phenoxy) is 1. The van der Waals surface area contributed by atoms with E-state index in [0.717, 1.165) is 61.1 Å². The molecule has 0 amide bonds. The zero-order valence-electron chi connectivity index (χ0n) is 24.8. The van der Waals surface area contributed by atoms with Crippen LogP contribution in [-0.2, 0) is 12.5 Å². The van der Waals surface area contributed by atoms with Gasteiger partial charge in [0.25, 0.3) is 0 Å². The molecule has 0 saturated heterocycles. The first-order valence-electron chi connectivity index (χ1n) is 14.6. The van der Waals surface area contributed by atoms with Crippen molar-refractivity contribution in [3.05, 3.63) is 137 Å². The van der Waals surface area contributed by atoms with Crippen LogP contribution in [0, 0.1) is 46.2 Å². The molecule has 0 radical (unpaired) electrons. The first-order chi connectivity index (χ1) is 22.4. The lowest BCUT2D eigenvalue weighted by Crippen LogP contribution is -2.25. The van der Waals surface area contributed by atoms with Crippen molar-refractivity contribution in [2.24, 2.45) is 0 Å². The summed E-state index contributed by atoms with van der Waals surface area (Å²) in [7, 11) is 0. The number of benzene rings is 5. The number of hydrogen-bond acceptors (Lipinski definition) is 2. The van der Waals surface area contributed by atoms with E-state index in [2.05, 4.69) is 11.7 Å². The number of alkyl halides is 2. The summed E-state index contributed by atoms with van der Waals surface area (Å²) in [6.45, 7) is 2.12. The molecule has 0 saturated carbocycles. The highest BCUT2D eigenvalue weighted by atomic mass is 19.3. The number of halogens is 8. The molecular weight excluding hydrogens is 626 g/mol. The molecule has 0 atom stereocenters. The smallest absolute Gasteiger partial charge is 0.429 e. The lowest BCUT2D eigenvalue weighted by molar-refractivity contribution is -0.189. The fourth-order valence-corrected chi connectivity index (χ4v) is 5.22. The predicted molar refractivity (Wildman–Crippen MR) is 161 cm³/mol. The van der Waals surface area contributed by atoms with Crippen molar-refractivity contribution in [1.29, 1.82) is 5.26 Å². The summed E-state index contributed by atoms with van der Waals surface area (Å²) in [4.78, 5) is 0. The quantitative estimate of drug-likeness (QED) is 0.111. The maximum Gasteiger partial charge on any atom is 0.432 e. The minimum Gasteiger partial charge on any atom is -0.429 e. The molecule has 2 nitrogen and oxygen atoms in total. The minimum absolute atomic E-state index is 0.141. The highest BCUT2D eigenvalue weighted by Gasteiger charge is 2.41. The third-order valence-electron chi connectivity index (χ3n) is 7.61. The predicted octanol–water partition coefficient (Wildman–Crippen LogP) is 11.3. The van der Waals surface area contributed by atoms with Crippen LogP contribution < -0.4 is 4.74 Å². The fourth-order valence-electron chi connectivity index (χ4n) is 5.22. The van der Waals surface area contributed by atoms with Crippen LogP contribution in [0.1, 0.15) is 42.9 Å². The van der Waals surface area contributed by atoms with Crippen molar-refractivity contribution in [3.8, 4) is 45.2 Å². The van der Waals surface area contributed by atoms with Gasteiger partial charge >= 0.3 is 6.11 Å². The second-order valence-electron chi connectivity index (χ2n) is 10.9. The molecule has 240 valence electrons. The Morgan fingerprint density at radius 3 is 1.79 bits per heavy atom. The molecule has 0 aliphatic carbocycles. The van der Waals surface area contributed by atoms with Gasteiger partial charge in [-0.3, -0.25) is 0 Å². The molecule has 0 N–H and O–H groups in total. The standard InChI is InChI=1S/C37H25F8NO/c1-2-3-4-5-21-6-8-22(9-7-21)23-11-13-28(30(39)14-23)25-15-31(40)35(32(41)16-25)26-17-33(42)36(34(43)18-26)37(44,45)47-27-12-10-24(20-46)29(38)19-27/h6-19H,2-5H2,1H3. The molecule has 0 spiro atoms. The monoisotopic (exact) mass is 651 g/mol. The maximum atomic E-state index is 15.3. The second kappa shape index (κ2) is 13.7. The van der Waals surface area contributed by atoms with Crippen LogP contribution in [-0.4, -0.2) is 0 Å². The summed E-state index contributed by atoms with van der Waals surface area (Å²) in [6.07, 6.45) is -0.461. The van der Waals surface area contributed by atoms with E-state index in [9.17, 15) is 22.0 Å². The van der Waals surface area contributed by atoms with Gasteiger partial charge in [-0.1, -0.05) is 56.2 Å². The molecule has 47 heavy (non-hydrogen) atoms. The minimum atomic E-state index is -4.69.